The van der Waals surface area contributed by atoms with Crippen LogP contribution in [0.2, 0.25) is 0 Å². The van der Waals surface area contributed by atoms with Gasteiger partial charge in [-0.15, -0.1) is 0 Å². The third kappa shape index (κ3) is 4.29. The van der Waals surface area contributed by atoms with E-state index in [1.807, 2.05) is 0 Å². The summed E-state index contributed by atoms with van der Waals surface area (Å²) in [7, 11) is 2.24. The molecule has 1 aliphatic heterocycles. The smallest absolute Gasteiger partial charge is 0.0307 e. The van der Waals surface area contributed by atoms with E-state index in [1.165, 1.54) is 31.6 Å². The Hall–Kier alpha value is -0.420. The first-order valence-electron chi connectivity index (χ1n) is 7.53. The molecule has 1 aromatic rings. The zero-order chi connectivity index (χ0) is 14.5. The molecule has 0 bridgehead atoms. The fourth-order valence-electron chi connectivity index (χ4n) is 2.85. The highest BCUT2D eigenvalue weighted by molar-refractivity contribution is 9.10. The summed E-state index contributed by atoms with van der Waals surface area (Å²) in [6, 6.07) is 9.22. The quantitative estimate of drug-likeness (QED) is 0.895. The Kier molecular flexibility index (Phi) is 6.02. The van der Waals surface area contributed by atoms with E-state index >= 15 is 0 Å². The van der Waals surface area contributed by atoms with Gasteiger partial charge < -0.3 is 15.5 Å². The van der Waals surface area contributed by atoms with Gasteiger partial charge in [0.25, 0.3) is 0 Å². The van der Waals surface area contributed by atoms with E-state index in [9.17, 15) is 0 Å². The summed E-state index contributed by atoms with van der Waals surface area (Å²) in [6.45, 7) is 6.89. The summed E-state index contributed by atoms with van der Waals surface area (Å²) >= 11 is 3.46. The van der Waals surface area contributed by atoms with E-state index in [0.29, 0.717) is 6.04 Å². The molecule has 1 aromatic carbocycles. The number of rotatable bonds is 5. The first-order chi connectivity index (χ1) is 9.60. The Morgan fingerprint density at radius 2 is 2.00 bits per heavy atom. The van der Waals surface area contributed by atoms with E-state index in [-0.39, 0.29) is 6.04 Å². The highest BCUT2D eigenvalue weighted by Gasteiger charge is 2.22. The van der Waals surface area contributed by atoms with Crippen molar-refractivity contribution in [1.29, 1.82) is 0 Å². The third-order valence-corrected chi connectivity index (χ3v) is 4.92. The number of likely N-dealkylation sites (N-methyl/N-ethyl adjacent to an activating group) is 1. The average molecular weight is 340 g/mol. The van der Waals surface area contributed by atoms with E-state index < -0.39 is 0 Å². The van der Waals surface area contributed by atoms with Crippen LogP contribution in [0.4, 0.5) is 0 Å². The standard InChI is InChI=1S/C16H26BrN3/c1-3-15-12-20(11-10-19(15)2)9-8-16(18)13-4-6-14(17)7-5-13/h4-7,15-16H,3,8-12,18H2,1-2H3. The Bertz CT molecular complexity index is 407. The number of benzene rings is 1. The fraction of sp³-hybridized carbons (Fsp3) is 0.625. The highest BCUT2D eigenvalue weighted by Crippen LogP contribution is 2.19. The van der Waals surface area contributed by atoms with Gasteiger partial charge in [0.05, 0.1) is 0 Å². The van der Waals surface area contributed by atoms with Crippen LogP contribution in [0.15, 0.2) is 28.7 Å². The van der Waals surface area contributed by atoms with Gasteiger partial charge in [-0.3, -0.25) is 0 Å². The molecule has 0 amide bonds. The molecule has 2 rings (SSSR count). The monoisotopic (exact) mass is 339 g/mol. The average Bonchev–Trinajstić information content (AvgIpc) is 2.46. The molecule has 0 aliphatic carbocycles. The van der Waals surface area contributed by atoms with E-state index in [1.54, 1.807) is 0 Å². The molecule has 1 heterocycles. The fourth-order valence-corrected chi connectivity index (χ4v) is 3.12. The molecule has 2 unspecified atom stereocenters. The SMILES string of the molecule is CCC1CN(CCC(N)c2ccc(Br)cc2)CCN1C. The van der Waals surface area contributed by atoms with Crippen molar-refractivity contribution in [3.63, 3.8) is 0 Å². The molecule has 0 spiro atoms. The summed E-state index contributed by atoms with van der Waals surface area (Å²) in [5.41, 5.74) is 7.54. The van der Waals surface area contributed by atoms with Crippen molar-refractivity contribution in [3.05, 3.63) is 34.3 Å². The van der Waals surface area contributed by atoms with Crippen LogP contribution in [0.5, 0.6) is 0 Å². The second kappa shape index (κ2) is 7.55. The molecule has 1 saturated heterocycles. The minimum atomic E-state index is 0.142. The third-order valence-electron chi connectivity index (χ3n) is 4.39. The molecule has 0 saturated carbocycles. The molecular formula is C16H26BrN3. The minimum absolute atomic E-state index is 0.142. The molecule has 1 aliphatic rings. The maximum absolute atomic E-state index is 6.30. The molecule has 2 N–H and O–H groups in total. The maximum Gasteiger partial charge on any atom is 0.0307 e. The normalized spacial score (nSPS) is 22.9. The second-order valence-electron chi connectivity index (χ2n) is 5.79. The van der Waals surface area contributed by atoms with Gasteiger partial charge in [0.1, 0.15) is 0 Å². The molecule has 4 heteroatoms. The van der Waals surface area contributed by atoms with Crippen molar-refractivity contribution in [2.24, 2.45) is 5.73 Å². The van der Waals surface area contributed by atoms with Gasteiger partial charge in [-0.25, -0.2) is 0 Å². The summed E-state index contributed by atoms with van der Waals surface area (Å²) in [6.07, 6.45) is 2.26. The number of halogens is 1. The van der Waals surface area contributed by atoms with Crippen molar-refractivity contribution < 1.29 is 0 Å². The van der Waals surface area contributed by atoms with Crippen LogP contribution >= 0.6 is 15.9 Å². The summed E-state index contributed by atoms with van der Waals surface area (Å²) in [4.78, 5) is 5.04. The van der Waals surface area contributed by atoms with Gasteiger partial charge >= 0.3 is 0 Å². The Labute approximate surface area is 131 Å². The molecular weight excluding hydrogens is 314 g/mol. The van der Waals surface area contributed by atoms with Gasteiger partial charge in [-0.2, -0.15) is 0 Å². The van der Waals surface area contributed by atoms with Crippen molar-refractivity contribution in [3.8, 4) is 0 Å². The number of nitrogens with two attached hydrogens (primary N) is 1. The van der Waals surface area contributed by atoms with Gasteiger partial charge in [0.15, 0.2) is 0 Å². The summed E-state index contributed by atoms with van der Waals surface area (Å²) in [5, 5.41) is 0. The van der Waals surface area contributed by atoms with Gasteiger partial charge in [0.2, 0.25) is 0 Å². The van der Waals surface area contributed by atoms with E-state index in [2.05, 4.69) is 64.0 Å². The van der Waals surface area contributed by atoms with Gasteiger partial charge in [-0.1, -0.05) is 35.0 Å². The van der Waals surface area contributed by atoms with Crippen molar-refractivity contribution in [2.45, 2.75) is 31.8 Å². The highest BCUT2D eigenvalue weighted by atomic mass is 79.9. The lowest BCUT2D eigenvalue weighted by Gasteiger charge is -2.39. The summed E-state index contributed by atoms with van der Waals surface area (Å²) in [5.74, 6) is 0. The van der Waals surface area contributed by atoms with Crippen molar-refractivity contribution in [2.75, 3.05) is 33.2 Å². The lowest BCUT2D eigenvalue weighted by Crippen LogP contribution is -2.51. The van der Waals surface area contributed by atoms with Crippen LogP contribution in [0, 0.1) is 0 Å². The Morgan fingerprint density at radius 1 is 1.30 bits per heavy atom. The lowest BCUT2D eigenvalue weighted by molar-refractivity contribution is 0.0911. The van der Waals surface area contributed by atoms with Crippen LogP contribution in [-0.2, 0) is 0 Å². The van der Waals surface area contributed by atoms with Crippen molar-refractivity contribution >= 4 is 15.9 Å². The number of nitrogens with zero attached hydrogens (tertiary/aromatic N) is 2. The second-order valence-corrected chi connectivity index (χ2v) is 6.71. The van der Waals surface area contributed by atoms with Crippen LogP contribution in [0.25, 0.3) is 0 Å². The van der Waals surface area contributed by atoms with Crippen LogP contribution in [0.1, 0.15) is 31.4 Å². The molecule has 0 aromatic heterocycles. The Balaban J connectivity index is 1.81. The molecule has 112 valence electrons. The van der Waals surface area contributed by atoms with Gasteiger partial charge in [0, 0.05) is 42.7 Å². The predicted molar refractivity (Wildman–Crippen MR) is 88.8 cm³/mol. The lowest BCUT2D eigenvalue weighted by atomic mass is 10.0. The Morgan fingerprint density at radius 3 is 2.65 bits per heavy atom. The topological polar surface area (TPSA) is 32.5 Å². The number of hydrogen-bond acceptors (Lipinski definition) is 3. The minimum Gasteiger partial charge on any atom is -0.324 e. The maximum atomic E-state index is 6.30. The number of hydrogen-bond donors (Lipinski definition) is 1. The summed E-state index contributed by atoms with van der Waals surface area (Å²) < 4.78 is 1.11. The van der Waals surface area contributed by atoms with E-state index in [4.69, 9.17) is 5.73 Å². The predicted octanol–water partition coefficient (Wildman–Crippen LogP) is 2.87. The zero-order valence-corrected chi connectivity index (χ0v) is 14.1. The molecule has 20 heavy (non-hydrogen) atoms. The van der Waals surface area contributed by atoms with Crippen LogP contribution < -0.4 is 5.73 Å². The van der Waals surface area contributed by atoms with Gasteiger partial charge in [-0.05, 0) is 37.6 Å². The van der Waals surface area contributed by atoms with E-state index in [0.717, 1.165) is 17.4 Å². The van der Waals surface area contributed by atoms with Crippen LogP contribution in [0.3, 0.4) is 0 Å². The zero-order valence-electron chi connectivity index (χ0n) is 12.6. The first-order valence-corrected chi connectivity index (χ1v) is 8.33. The number of piperazine rings is 1. The molecule has 3 nitrogen and oxygen atoms in total. The molecule has 0 radical (unpaired) electrons. The first kappa shape index (κ1) is 16.0. The van der Waals surface area contributed by atoms with Crippen LogP contribution in [-0.4, -0.2) is 49.1 Å². The van der Waals surface area contributed by atoms with Crippen molar-refractivity contribution in [1.82, 2.24) is 9.80 Å². The molecule has 1 fully saturated rings. The molecule has 2 atom stereocenters. The largest absolute Gasteiger partial charge is 0.324 e.